The molecule has 124 valence electrons. The molecule has 7 nitrogen and oxygen atoms in total. The largest absolute Gasteiger partial charge is 0.466 e. The maximum absolute atomic E-state index is 11.9. The third-order valence-corrected chi connectivity index (χ3v) is 3.70. The summed E-state index contributed by atoms with van der Waals surface area (Å²) in [5.74, 6) is -0.598. The first-order chi connectivity index (χ1) is 11.6. The molecule has 0 bridgehead atoms. The highest BCUT2D eigenvalue weighted by Crippen LogP contribution is 2.16. The first-order valence-corrected chi connectivity index (χ1v) is 8.12. The average molecular weight is 344 g/mol. The molecule has 0 fully saturated rings. The summed E-state index contributed by atoms with van der Waals surface area (Å²) < 4.78 is 4.85. The Morgan fingerprint density at radius 1 is 1.33 bits per heavy atom. The van der Waals surface area contributed by atoms with Gasteiger partial charge in [0.25, 0.3) is 0 Å². The van der Waals surface area contributed by atoms with Crippen molar-refractivity contribution in [2.75, 3.05) is 23.8 Å². The molecule has 0 saturated carbocycles. The highest BCUT2D eigenvalue weighted by Gasteiger charge is 2.10. The Morgan fingerprint density at radius 3 is 2.75 bits per heavy atom. The molecule has 0 aliphatic carbocycles. The van der Waals surface area contributed by atoms with E-state index in [2.05, 4.69) is 15.6 Å². The monoisotopic (exact) mass is 344 g/mol. The van der Waals surface area contributed by atoms with E-state index in [1.165, 1.54) is 11.3 Å². The number of nitriles is 1. The van der Waals surface area contributed by atoms with Gasteiger partial charge in [0, 0.05) is 11.1 Å². The Morgan fingerprint density at radius 2 is 2.08 bits per heavy atom. The summed E-state index contributed by atoms with van der Waals surface area (Å²) in [4.78, 5) is 27.4. The molecular weight excluding hydrogens is 328 g/mol. The van der Waals surface area contributed by atoms with Crippen molar-refractivity contribution in [1.29, 1.82) is 5.26 Å². The van der Waals surface area contributed by atoms with Crippen LogP contribution >= 0.6 is 11.3 Å². The predicted octanol–water partition coefficient (Wildman–Crippen LogP) is 2.17. The number of nitrogens with one attached hydrogen (secondary N) is 2. The highest BCUT2D eigenvalue weighted by atomic mass is 32.1. The van der Waals surface area contributed by atoms with E-state index in [0.717, 1.165) is 5.69 Å². The standard InChI is InChI=1S/C16H16N4O3S/c1-2-23-15(22)7-13-10-24-16(19-13)20-14(21)9-18-12-5-3-11(8-17)4-6-12/h3-6,10,18H,2,7,9H2,1H3,(H,19,20,21). The van der Waals surface area contributed by atoms with Gasteiger partial charge < -0.3 is 15.4 Å². The van der Waals surface area contributed by atoms with Crippen molar-refractivity contribution in [2.45, 2.75) is 13.3 Å². The molecule has 0 spiro atoms. The lowest BCUT2D eigenvalue weighted by atomic mass is 10.2. The summed E-state index contributed by atoms with van der Waals surface area (Å²) in [6, 6.07) is 8.82. The zero-order valence-electron chi connectivity index (χ0n) is 13.0. The molecule has 0 atom stereocenters. The average Bonchev–Trinajstić information content (AvgIpc) is 3.00. The number of carbonyl (C=O) groups is 2. The molecule has 0 aliphatic rings. The fourth-order valence-electron chi connectivity index (χ4n) is 1.81. The molecule has 8 heteroatoms. The second-order valence-electron chi connectivity index (χ2n) is 4.72. The van der Waals surface area contributed by atoms with Gasteiger partial charge in [-0.1, -0.05) is 0 Å². The third kappa shape index (κ3) is 5.37. The molecule has 2 rings (SSSR count). The molecule has 24 heavy (non-hydrogen) atoms. The van der Waals surface area contributed by atoms with E-state index < -0.39 is 0 Å². The fraction of sp³-hybridized carbons (Fsp3) is 0.250. The first kappa shape index (κ1) is 17.4. The number of amides is 1. The van der Waals surface area contributed by atoms with Gasteiger partial charge in [-0.15, -0.1) is 11.3 Å². The molecule has 0 radical (unpaired) electrons. The lowest BCUT2D eigenvalue weighted by Gasteiger charge is -2.06. The summed E-state index contributed by atoms with van der Waals surface area (Å²) in [7, 11) is 0. The van der Waals surface area contributed by atoms with Crippen LogP contribution in [0.2, 0.25) is 0 Å². The fourth-order valence-corrected chi connectivity index (χ4v) is 2.54. The predicted molar refractivity (Wildman–Crippen MR) is 90.7 cm³/mol. The smallest absolute Gasteiger partial charge is 0.311 e. The Bertz CT molecular complexity index is 749. The normalized spacial score (nSPS) is 9.83. The highest BCUT2D eigenvalue weighted by molar-refractivity contribution is 7.13. The number of aromatic nitrogens is 1. The number of esters is 1. The van der Waals surface area contributed by atoms with E-state index in [-0.39, 0.29) is 24.8 Å². The molecule has 2 aromatic rings. The number of benzene rings is 1. The van der Waals surface area contributed by atoms with Crippen molar-refractivity contribution in [2.24, 2.45) is 0 Å². The second kappa shape index (κ2) is 8.64. The zero-order valence-corrected chi connectivity index (χ0v) is 13.9. The van der Waals surface area contributed by atoms with E-state index in [1.54, 1.807) is 36.6 Å². The van der Waals surface area contributed by atoms with Gasteiger partial charge >= 0.3 is 5.97 Å². The number of nitrogens with zero attached hydrogens (tertiary/aromatic N) is 2. The SMILES string of the molecule is CCOC(=O)Cc1csc(NC(=O)CNc2ccc(C#N)cc2)n1. The van der Waals surface area contributed by atoms with Crippen LogP contribution in [0.4, 0.5) is 10.8 Å². The second-order valence-corrected chi connectivity index (χ2v) is 5.57. The van der Waals surface area contributed by atoms with Gasteiger partial charge in [0.15, 0.2) is 5.13 Å². The number of ether oxygens (including phenoxy) is 1. The third-order valence-electron chi connectivity index (χ3n) is 2.90. The summed E-state index contributed by atoms with van der Waals surface area (Å²) in [6.07, 6.45) is 0.0870. The van der Waals surface area contributed by atoms with Crippen molar-refractivity contribution in [3.8, 4) is 6.07 Å². The molecule has 2 N–H and O–H groups in total. The lowest BCUT2D eigenvalue weighted by molar-refractivity contribution is -0.142. The quantitative estimate of drug-likeness (QED) is 0.746. The number of anilines is 2. The minimum Gasteiger partial charge on any atom is -0.466 e. The molecular formula is C16H16N4O3S. The van der Waals surface area contributed by atoms with E-state index in [9.17, 15) is 9.59 Å². The van der Waals surface area contributed by atoms with Crippen LogP contribution in [0.3, 0.4) is 0 Å². The van der Waals surface area contributed by atoms with Crippen LogP contribution in [0.1, 0.15) is 18.2 Å². The maximum Gasteiger partial charge on any atom is 0.311 e. The Kier molecular flexibility index (Phi) is 6.28. The van der Waals surface area contributed by atoms with Gasteiger partial charge in [-0.25, -0.2) is 4.98 Å². The van der Waals surface area contributed by atoms with Crippen LogP contribution in [0.5, 0.6) is 0 Å². The van der Waals surface area contributed by atoms with Gasteiger partial charge in [-0.3, -0.25) is 9.59 Å². The zero-order chi connectivity index (χ0) is 17.4. The van der Waals surface area contributed by atoms with Gasteiger partial charge in [-0.2, -0.15) is 5.26 Å². The van der Waals surface area contributed by atoms with Gasteiger partial charge in [0.05, 0.1) is 36.9 Å². The Balaban J connectivity index is 1.80. The van der Waals surface area contributed by atoms with Crippen LogP contribution in [0.25, 0.3) is 0 Å². The molecule has 1 aromatic carbocycles. The van der Waals surface area contributed by atoms with Crippen LogP contribution in [0, 0.1) is 11.3 Å². The molecule has 0 aliphatic heterocycles. The van der Waals surface area contributed by atoms with E-state index in [1.807, 2.05) is 6.07 Å². The van der Waals surface area contributed by atoms with Crippen molar-refractivity contribution < 1.29 is 14.3 Å². The van der Waals surface area contributed by atoms with Crippen molar-refractivity contribution in [1.82, 2.24) is 4.98 Å². The van der Waals surface area contributed by atoms with Crippen LogP contribution in [0.15, 0.2) is 29.6 Å². The Hall–Kier alpha value is -2.92. The summed E-state index contributed by atoms with van der Waals surface area (Å²) >= 11 is 1.25. The van der Waals surface area contributed by atoms with E-state index in [4.69, 9.17) is 10.00 Å². The molecule has 0 saturated heterocycles. The molecule has 1 heterocycles. The minimum atomic E-state index is -0.344. The summed E-state index contributed by atoms with van der Waals surface area (Å²) in [6.45, 7) is 2.14. The van der Waals surface area contributed by atoms with Gasteiger partial charge in [-0.05, 0) is 31.2 Å². The van der Waals surface area contributed by atoms with Crippen molar-refractivity contribution in [3.05, 3.63) is 40.9 Å². The topological polar surface area (TPSA) is 104 Å². The molecule has 1 amide bonds. The van der Waals surface area contributed by atoms with Crippen molar-refractivity contribution in [3.63, 3.8) is 0 Å². The minimum absolute atomic E-state index is 0.0681. The van der Waals surface area contributed by atoms with Crippen LogP contribution < -0.4 is 10.6 Å². The number of rotatable bonds is 7. The van der Waals surface area contributed by atoms with Crippen molar-refractivity contribution >= 4 is 34.0 Å². The summed E-state index contributed by atoms with van der Waals surface area (Å²) in [5.41, 5.74) is 1.86. The Labute approximate surface area is 143 Å². The first-order valence-electron chi connectivity index (χ1n) is 7.24. The number of thiazole rings is 1. The van der Waals surface area contributed by atoms with E-state index >= 15 is 0 Å². The maximum atomic E-state index is 11.9. The lowest BCUT2D eigenvalue weighted by Crippen LogP contribution is -2.21. The number of hydrogen-bond donors (Lipinski definition) is 2. The van der Waals surface area contributed by atoms with Crippen LogP contribution in [-0.4, -0.2) is 30.0 Å². The van der Waals surface area contributed by atoms with E-state index in [0.29, 0.717) is 23.0 Å². The van der Waals surface area contributed by atoms with Gasteiger partial charge in [0.1, 0.15) is 0 Å². The number of hydrogen-bond acceptors (Lipinski definition) is 7. The molecule has 1 aromatic heterocycles. The summed E-state index contributed by atoms with van der Waals surface area (Å²) in [5, 5.41) is 16.5. The van der Waals surface area contributed by atoms with Crippen LogP contribution in [-0.2, 0) is 20.7 Å². The molecule has 0 unspecified atom stereocenters. The number of carbonyl (C=O) groups excluding carboxylic acids is 2. The van der Waals surface area contributed by atoms with Gasteiger partial charge in [0.2, 0.25) is 5.91 Å².